The molecule has 1 saturated heterocycles. The van der Waals surface area contributed by atoms with E-state index in [4.69, 9.17) is 16.7 Å². The van der Waals surface area contributed by atoms with Crippen molar-refractivity contribution in [3.05, 3.63) is 28.8 Å². The number of aliphatic carboxylic acids is 1. The van der Waals surface area contributed by atoms with Crippen molar-refractivity contribution < 1.29 is 14.7 Å². The molecule has 0 aliphatic carbocycles. The van der Waals surface area contributed by atoms with Crippen LogP contribution < -0.4 is 5.32 Å². The molecule has 0 radical (unpaired) electrons. The molecule has 20 heavy (non-hydrogen) atoms. The SMILES string of the molecule is Cc1ccc(NC(=O)N2CC(C)C(C(=O)O)C2)cc1Cl. The van der Waals surface area contributed by atoms with E-state index in [0.717, 1.165) is 5.56 Å². The first kappa shape index (κ1) is 14.7. The van der Waals surface area contributed by atoms with Crippen LogP contribution in [0.4, 0.5) is 10.5 Å². The fourth-order valence-corrected chi connectivity index (χ4v) is 2.51. The van der Waals surface area contributed by atoms with Crippen LogP contribution in [0.15, 0.2) is 18.2 Å². The van der Waals surface area contributed by atoms with Gasteiger partial charge in [0.05, 0.1) is 5.92 Å². The standard InChI is InChI=1S/C14H17ClN2O3/c1-8-3-4-10(5-12(8)15)16-14(20)17-6-9(2)11(7-17)13(18)19/h3-5,9,11H,6-7H2,1-2H3,(H,16,20)(H,18,19). The number of rotatable bonds is 2. The minimum Gasteiger partial charge on any atom is -0.481 e. The van der Waals surface area contributed by atoms with Gasteiger partial charge in [0.15, 0.2) is 0 Å². The molecule has 1 heterocycles. The van der Waals surface area contributed by atoms with Crippen LogP contribution >= 0.6 is 11.6 Å². The Labute approximate surface area is 122 Å². The third kappa shape index (κ3) is 3.04. The fraction of sp³-hybridized carbons (Fsp3) is 0.429. The van der Waals surface area contributed by atoms with Crippen molar-refractivity contribution in [1.29, 1.82) is 0 Å². The zero-order valence-corrected chi connectivity index (χ0v) is 12.1. The Bertz CT molecular complexity index is 547. The number of urea groups is 1. The summed E-state index contributed by atoms with van der Waals surface area (Å²) in [5, 5.41) is 12.4. The molecule has 0 saturated carbocycles. The number of nitrogens with one attached hydrogen (secondary N) is 1. The number of nitrogens with zero attached hydrogens (tertiary/aromatic N) is 1. The minimum atomic E-state index is -0.855. The number of carboxylic acids is 1. The Morgan fingerprint density at radius 3 is 2.65 bits per heavy atom. The van der Waals surface area contributed by atoms with Gasteiger partial charge in [0.25, 0.3) is 0 Å². The second kappa shape index (κ2) is 5.71. The van der Waals surface area contributed by atoms with Crippen LogP contribution in [0.3, 0.4) is 0 Å². The maximum absolute atomic E-state index is 12.1. The lowest BCUT2D eigenvalue weighted by molar-refractivity contribution is -0.142. The average Bonchev–Trinajstić information content (AvgIpc) is 2.76. The molecule has 1 aliphatic heterocycles. The number of likely N-dealkylation sites (tertiary alicyclic amines) is 1. The van der Waals surface area contributed by atoms with Gasteiger partial charge in [-0.3, -0.25) is 4.79 Å². The van der Waals surface area contributed by atoms with Crippen LogP contribution in [-0.2, 0) is 4.79 Å². The largest absolute Gasteiger partial charge is 0.481 e. The van der Waals surface area contributed by atoms with E-state index in [1.165, 1.54) is 4.90 Å². The quantitative estimate of drug-likeness (QED) is 0.881. The van der Waals surface area contributed by atoms with E-state index in [9.17, 15) is 9.59 Å². The number of hydrogen-bond acceptors (Lipinski definition) is 2. The van der Waals surface area contributed by atoms with Crippen molar-refractivity contribution in [2.24, 2.45) is 11.8 Å². The highest BCUT2D eigenvalue weighted by molar-refractivity contribution is 6.31. The van der Waals surface area contributed by atoms with Gasteiger partial charge in [-0.1, -0.05) is 24.6 Å². The first-order valence-corrected chi connectivity index (χ1v) is 6.81. The molecule has 0 aromatic heterocycles. The smallest absolute Gasteiger partial charge is 0.321 e. The summed E-state index contributed by atoms with van der Waals surface area (Å²) in [7, 11) is 0. The zero-order valence-electron chi connectivity index (χ0n) is 11.4. The van der Waals surface area contributed by atoms with Crippen LogP contribution in [0.1, 0.15) is 12.5 Å². The first-order chi connectivity index (χ1) is 9.38. The van der Waals surface area contributed by atoms with Crippen molar-refractivity contribution in [3.63, 3.8) is 0 Å². The van der Waals surface area contributed by atoms with Crippen LogP contribution in [0.5, 0.6) is 0 Å². The Balaban J connectivity index is 2.02. The molecule has 2 rings (SSSR count). The van der Waals surface area contributed by atoms with Gasteiger partial charge in [-0.15, -0.1) is 0 Å². The summed E-state index contributed by atoms with van der Waals surface area (Å²) >= 11 is 6.00. The van der Waals surface area contributed by atoms with Crippen LogP contribution in [0, 0.1) is 18.8 Å². The maximum Gasteiger partial charge on any atom is 0.321 e. The van der Waals surface area contributed by atoms with E-state index in [2.05, 4.69) is 5.32 Å². The monoisotopic (exact) mass is 296 g/mol. The summed E-state index contributed by atoms with van der Waals surface area (Å²) in [4.78, 5) is 24.7. The lowest BCUT2D eigenvalue weighted by atomic mass is 9.99. The van der Waals surface area contributed by atoms with Gasteiger partial charge in [-0.05, 0) is 30.5 Å². The van der Waals surface area contributed by atoms with Gasteiger partial charge < -0.3 is 15.3 Å². The zero-order chi connectivity index (χ0) is 14.9. The minimum absolute atomic E-state index is 0.0418. The molecule has 5 nitrogen and oxygen atoms in total. The average molecular weight is 297 g/mol. The molecule has 1 aliphatic rings. The summed E-state index contributed by atoms with van der Waals surface area (Å²) in [5.41, 5.74) is 1.54. The van der Waals surface area contributed by atoms with Crippen LogP contribution in [0.2, 0.25) is 5.02 Å². The maximum atomic E-state index is 12.1. The predicted molar refractivity (Wildman–Crippen MR) is 77.1 cm³/mol. The molecule has 1 aromatic rings. The predicted octanol–water partition coefficient (Wildman–Crippen LogP) is 2.83. The molecule has 1 fully saturated rings. The van der Waals surface area contributed by atoms with Gasteiger partial charge in [-0.2, -0.15) is 0 Å². The molecule has 108 valence electrons. The first-order valence-electron chi connectivity index (χ1n) is 6.43. The van der Waals surface area contributed by atoms with E-state index in [0.29, 0.717) is 17.3 Å². The van der Waals surface area contributed by atoms with Crippen molar-refractivity contribution in [2.75, 3.05) is 18.4 Å². The highest BCUT2D eigenvalue weighted by atomic mass is 35.5. The summed E-state index contributed by atoms with van der Waals surface area (Å²) < 4.78 is 0. The van der Waals surface area contributed by atoms with Crippen LogP contribution in [0.25, 0.3) is 0 Å². The number of anilines is 1. The van der Waals surface area contributed by atoms with Gasteiger partial charge in [0.2, 0.25) is 0 Å². The number of aryl methyl sites for hydroxylation is 1. The number of halogens is 1. The van der Waals surface area contributed by atoms with Gasteiger partial charge >= 0.3 is 12.0 Å². The molecule has 0 spiro atoms. The van der Waals surface area contributed by atoms with Crippen molar-refractivity contribution in [1.82, 2.24) is 4.90 Å². The molecule has 0 bridgehead atoms. The molecule has 2 atom stereocenters. The van der Waals surface area contributed by atoms with E-state index in [-0.39, 0.29) is 18.5 Å². The van der Waals surface area contributed by atoms with Gasteiger partial charge in [0.1, 0.15) is 0 Å². The van der Waals surface area contributed by atoms with E-state index in [1.807, 2.05) is 19.9 Å². The van der Waals surface area contributed by atoms with Gasteiger partial charge in [-0.25, -0.2) is 4.79 Å². The Morgan fingerprint density at radius 2 is 2.10 bits per heavy atom. The molecule has 2 unspecified atom stereocenters. The number of carbonyl (C=O) groups excluding carboxylic acids is 1. The summed E-state index contributed by atoms with van der Waals surface area (Å²) in [5.74, 6) is -1.40. The normalized spacial score (nSPS) is 21.9. The molecular formula is C14H17ClN2O3. The summed E-state index contributed by atoms with van der Waals surface area (Å²) in [6.45, 7) is 4.41. The molecule has 1 aromatic carbocycles. The van der Waals surface area contributed by atoms with Crippen molar-refractivity contribution >= 4 is 29.3 Å². The highest BCUT2D eigenvalue weighted by Crippen LogP contribution is 2.25. The Hall–Kier alpha value is -1.75. The van der Waals surface area contributed by atoms with Crippen molar-refractivity contribution in [2.45, 2.75) is 13.8 Å². The number of carbonyl (C=O) groups is 2. The van der Waals surface area contributed by atoms with Gasteiger partial charge in [0, 0.05) is 23.8 Å². The van der Waals surface area contributed by atoms with Crippen molar-refractivity contribution in [3.8, 4) is 0 Å². The lowest BCUT2D eigenvalue weighted by Gasteiger charge is -2.17. The number of carboxylic acid groups (broad SMARTS) is 1. The molecule has 2 amide bonds. The number of amides is 2. The second-order valence-corrected chi connectivity index (χ2v) is 5.63. The number of hydrogen-bond donors (Lipinski definition) is 2. The van der Waals surface area contributed by atoms with E-state index in [1.54, 1.807) is 12.1 Å². The Kier molecular flexibility index (Phi) is 4.18. The summed E-state index contributed by atoms with van der Waals surface area (Å²) in [6, 6.07) is 4.99. The van der Waals surface area contributed by atoms with E-state index < -0.39 is 11.9 Å². The molecule has 6 heteroatoms. The Morgan fingerprint density at radius 1 is 1.40 bits per heavy atom. The summed E-state index contributed by atoms with van der Waals surface area (Å²) in [6.07, 6.45) is 0. The second-order valence-electron chi connectivity index (χ2n) is 5.22. The molecule has 2 N–H and O–H groups in total. The molecular weight excluding hydrogens is 280 g/mol. The third-order valence-electron chi connectivity index (χ3n) is 3.64. The fourth-order valence-electron chi connectivity index (χ4n) is 2.33. The van der Waals surface area contributed by atoms with Crippen LogP contribution in [-0.4, -0.2) is 35.1 Å². The highest BCUT2D eigenvalue weighted by Gasteiger charge is 2.36. The van der Waals surface area contributed by atoms with E-state index >= 15 is 0 Å². The topological polar surface area (TPSA) is 69.6 Å². The third-order valence-corrected chi connectivity index (χ3v) is 4.05. The lowest BCUT2D eigenvalue weighted by Crippen LogP contribution is -2.33. The number of benzene rings is 1.